The molecule has 5 aromatic rings. The van der Waals surface area contributed by atoms with Gasteiger partial charge in [0, 0.05) is 23.5 Å². The van der Waals surface area contributed by atoms with E-state index < -0.39 is 0 Å². The predicted octanol–water partition coefficient (Wildman–Crippen LogP) is 6.72. The molecule has 0 radical (unpaired) electrons. The second-order valence-corrected chi connectivity index (χ2v) is 6.63. The molecule has 8 heteroatoms. The maximum Gasteiger partial charge on any atom is 0.123 e. The summed E-state index contributed by atoms with van der Waals surface area (Å²) in [5.74, 6) is -0.586. The number of H-pyrrole nitrogens is 1. The van der Waals surface area contributed by atoms with Crippen LogP contribution in [0.5, 0.6) is 0 Å². The van der Waals surface area contributed by atoms with Gasteiger partial charge in [-0.1, -0.05) is 6.07 Å². The molecule has 0 saturated heterocycles. The molecule has 0 aliphatic carbocycles. The second-order valence-electron chi connectivity index (χ2n) is 6.63. The third kappa shape index (κ3) is 4.26. The third-order valence-electron chi connectivity index (χ3n) is 4.84. The van der Waals surface area contributed by atoms with Crippen LogP contribution in [0, 0.1) is 11.6 Å². The molecule has 0 spiro atoms. The number of aromatic amines is 1. The molecule has 1 N–H and O–H groups in total. The fourth-order valence-electron chi connectivity index (χ4n) is 3.40. The molecule has 2 aromatic heterocycles. The van der Waals surface area contributed by atoms with Gasteiger partial charge in [-0.3, -0.25) is 5.10 Å². The molecule has 2 heterocycles. The van der Waals surface area contributed by atoms with Crippen molar-refractivity contribution in [3.8, 4) is 33.6 Å². The summed E-state index contributed by atoms with van der Waals surface area (Å²) in [6.07, 6.45) is 3.24. The predicted molar refractivity (Wildman–Crippen MR) is 125 cm³/mol. The Bertz CT molecular complexity index is 1330. The summed E-state index contributed by atoms with van der Waals surface area (Å²) in [4.78, 5) is 8.77. The minimum atomic E-state index is -0.296. The molecule has 4 nitrogen and oxygen atoms in total. The van der Waals surface area contributed by atoms with E-state index in [4.69, 9.17) is 0 Å². The zero-order valence-corrected chi connectivity index (χ0v) is 17.6. The smallest absolute Gasteiger partial charge is 0.123 e. The molecule has 0 amide bonds. The number of fused-ring (bicyclic) bond motifs is 1. The van der Waals surface area contributed by atoms with Gasteiger partial charge < -0.3 is 0 Å². The Balaban J connectivity index is 0.00000121. The monoisotopic (exact) mass is 458 g/mol. The van der Waals surface area contributed by atoms with Crippen LogP contribution in [-0.2, 0) is 0 Å². The maximum absolute atomic E-state index is 13.3. The van der Waals surface area contributed by atoms with Crippen LogP contribution in [0.2, 0.25) is 0 Å². The van der Waals surface area contributed by atoms with E-state index in [1.54, 1.807) is 30.5 Å². The van der Waals surface area contributed by atoms with Crippen molar-refractivity contribution in [2.75, 3.05) is 0 Å². The van der Waals surface area contributed by atoms with E-state index in [1.165, 1.54) is 30.6 Å². The van der Waals surface area contributed by atoms with Crippen molar-refractivity contribution in [3.63, 3.8) is 0 Å². The summed E-state index contributed by atoms with van der Waals surface area (Å²) in [5, 5.41) is 8.02. The highest BCUT2D eigenvalue weighted by molar-refractivity contribution is 5.96. The van der Waals surface area contributed by atoms with Crippen LogP contribution >= 0.6 is 24.8 Å². The first-order valence-corrected chi connectivity index (χ1v) is 8.99. The third-order valence-corrected chi connectivity index (χ3v) is 4.84. The summed E-state index contributed by atoms with van der Waals surface area (Å²) in [7, 11) is 0. The molecule has 31 heavy (non-hydrogen) atoms. The second kappa shape index (κ2) is 9.20. The number of nitrogens with zero attached hydrogens (tertiary/aromatic N) is 3. The zero-order chi connectivity index (χ0) is 19.8. The van der Waals surface area contributed by atoms with E-state index in [-0.39, 0.29) is 37.9 Å². The molecule has 158 valence electrons. The minimum Gasteiger partial charge on any atom is -0.277 e. The first-order valence-electron chi connectivity index (χ1n) is 8.99. The van der Waals surface area contributed by atoms with Crippen molar-refractivity contribution in [1.29, 1.82) is 0 Å². The number of aromatic nitrogens is 4. The molecule has 5 rings (SSSR count). The normalized spacial score (nSPS) is 10.4. The van der Waals surface area contributed by atoms with Gasteiger partial charge in [-0.2, -0.15) is 5.10 Å². The van der Waals surface area contributed by atoms with Gasteiger partial charge in [-0.15, -0.1) is 24.8 Å². The Morgan fingerprint density at radius 2 is 1.32 bits per heavy atom. The van der Waals surface area contributed by atoms with Crippen molar-refractivity contribution in [2.24, 2.45) is 0 Å². The van der Waals surface area contributed by atoms with Crippen LogP contribution in [0.3, 0.4) is 0 Å². The number of hydrogen-bond acceptors (Lipinski definition) is 3. The molecule has 0 aliphatic heterocycles. The van der Waals surface area contributed by atoms with Gasteiger partial charge in [-0.25, -0.2) is 18.7 Å². The number of nitrogens with one attached hydrogen (secondary N) is 1. The van der Waals surface area contributed by atoms with Crippen molar-refractivity contribution in [3.05, 3.63) is 90.9 Å². The lowest BCUT2D eigenvalue weighted by atomic mass is 9.98. The lowest BCUT2D eigenvalue weighted by Crippen LogP contribution is -1.90. The van der Waals surface area contributed by atoms with E-state index >= 15 is 0 Å². The number of hydrogen-bond donors (Lipinski definition) is 1. The number of benzene rings is 3. The van der Waals surface area contributed by atoms with E-state index in [2.05, 4.69) is 20.2 Å². The lowest BCUT2D eigenvalue weighted by molar-refractivity contribution is 0.627. The molecule has 0 atom stereocenters. The van der Waals surface area contributed by atoms with Crippen molar-refractivity contribution in [2.45, 2.75) is 0 Å². The first kappa shape index (κ1) is 22.3. The Hall–Kier alpha value is -3.35. The van der Waals surface area contributed by atoms with Crippen molar-refractivity contribution >= 4 is 35.7 Å². The van der Waals surface area contributed by atoms with Crippen LogP contribution in [0.15, 0.2) is 79.3 Å². The quantitative estimate of drug-likeness (QED) is 0.326. The first-order chi connectivity index (χ1) is 14.2. The summed E-state index contributed by atoms with van der Waals surface area (Å²) in [6.45, 7) is 0. The Morgan fingerprint density at radius 3 is 2.00 bits per heavy atom. The highest BCUT2D eigenvalue weighted by Gasteiger charge is 2.13. The minimum absolute atomic E-state index is 0. The van der Waals surface area contributed by atoms with Gasteiger partial charge in [0.2, 0.25) is 0 Å². The van der Waals surface area contributed by atoms with Gasteiger partial charge >= 0.3 is 0 Å². The molecule has 0 unspecified atom stereocenters. The average molecular weight is 459 g/mol. The molecule has 0 aliphatic rings. The van der Waals surface area contributed by atoms with Crippen LogP contribution < -0.4 is 0 Å². The van der Waals surface area contributed by atoms with Gasteiger partial charge in [0.15, 0.2) is 0 Å². The summed E-state index contributed by atoms with van der Waals surface area (Å²) < 4.78 is 26.6. The highest BCUT2D eigenvalue weighted by atomic mass is 35.5. The van der Waals surface area contributed by atoms with E-state index in [1.807, 2.05) is 18.2 Å². The summed E-state index contributed by atoms with van der Waals surface area (Å²) in [5.41, 5.74) is 5.75. The molecule has 0 bridgehead atoms. The fraction of sp³-hybridized carbons (Fsp3) is 0. The van der Waals surface area contributed by atoms with Gasteiger partial charge in [0.1, 0.15) is 18.0 Å². The summed E-state index contributed by atoms with van der Waals surface area (Å²) >= 11 is 0. The van der Waals surface area contributed by atoms with Crippen LogP contribution in [-0.4, -0.2) is 20.2 Å². The molecule has 3 aromatic carbocycles. The SMILES string of the molecule is Cl.Cl.Fc1ccc(-c2[nH]ncc2-c2ccc3ncnc(-c4ccc(F)cc4)c3c2)cc1.[HH]. The molecular formula is C23H18Cl2F2N4. The standard InChI is InChI=1S/C23H14F2N4.2ClH.H2/c24-17-6-1-14(2-7-17)22-19-11-16(5-10-21(19)26-13-27-22)20-12-28-29-23(20)15-3-8-18(25)9-4-15;;;/h1-13H,(H,28,29);3*1H. The Labute approximate surface area is 190 Å². The topological polar surface area (TPSA) is 54.5 Å². The Morgan fingerprint density at radius 1 is 0.710 bits per heavy atom. The fourth-order valence-corrected chi connectivity index (χ4v) is 3.40. The van der Waals surface area contributed by atoms with Crippen molar-refractivity contribution in [1.82, 2.24) is 20.2 Å². The Kier molecular flexibility index (Phi) is 6.63. The number of halogens is 4. The largest absolute Gasteiger partial charge is 0.277 e. The van der Waals surface area contributed by atoms with Gasteiger partial charge in [-0.05, 0) is 66.2 Å². The van der Waals surface area contributed by atoms with E-state index in [0.29, 0.717) is 0 Å². The lowest BCUT2D eigenvalue weighted by Gasteiger charge is -2.08. The van der Waals surface area contributed by atoms with Crippen LogP contribution in [0.4, 0.5) is 8.78 Å². The molecular weight excluding hydrogens is 441 g/mol. The molecule has 0 saturated carbocycles. The summed E-state index contributed by atoms with van der Waals surface area (Å²) in [6, 6.07) is 18.3. The van der Waals surface area contributed by atoms with Crippen molar-refractivity contribution < 1.29 is 10.2 Å². The van der Waals surface area contributed by atoms with Crippen LogP contribution in [0.1, 0.15) is 1.43 Å². The van der Waals surface area contributed by atoms with Gasteiger partial charge in [0.05, 0.1) is 23.1 Å². The van der Waals surface area contributed by atoms with Gasteiger partial charge in [0.25, 0.3) is 0 Å². The maximum atomic E-state index is 13.3. The van der Waals surface area contributed by atoms with E-state index in [0.717, 1.165) is 44.5 Å². The van der Waals surface area contributed by atoms with E-state index in [9.17, 15) is 8.78 Å². The molecule has 0 fully saturated rings. The zero-order valence-electron chi connectivity index (χ0n) is 15.9. The number of rotatable bonds is 3. The van der Waals surface area contributed by atoms with Crippen LogP contribution in [0.25, 0.3) is 44.5 Å². The average Bonchev–Trinajstić information content (AvgIpc) is 3.24. The highest BCUT2D eigenvalue weighted by Crippen LogP contribution is 2.34.